The van der Waals surface area contributed by atoms with E-state index in [-0.39, 0.29) is 6.03 Å². The second-order valence-corrected chi connectivity index (χ2v) is 8.68. The predicted molar refractivity (Wildman–Crippen MR) is 141 cm³/mol. The van der Waals surface area contributed by atoms with E-state index < -0.39 is 12.0 Å². The zero-order valence-electron chi connectivity index (χ0n) is 21.6. The lowest BCUT2D eigenvalue weighted by atomic mass is 9.90. The van der Waals surface area contributed by atoms with Crippen LogP contribution in [0.4, 0.5) is 4.79 Å². The first-order valence-electron chi connectivity index (χ1n) is 13.0. The normalized spacial score (nSPS) is 15.7. The number of benzene rings is 1. The van der Waals surface area contributed by atoms with Crippen LogP contribution >= 0.6 is 0 Å². The molecule has 0 radical (unpaired) electrons. The van der Waals surface area contributed by atoms with Gasteiger partial charge in [-0.3, -0.25) is 0 Å². The number of allylic oxidation sites excluding steroid dienone is 4. The van der Waals surface area contributed by atoms with Crippen LogP contribution in [-0.4, -0.2) is 25.7 Å². The average Bonchev–Trinajstić information content (AvgIpc) is 2.86. The number of unbranched alkanes of at least 4 members (excludes halogenated alkanes) is 6. The molecule has 0 bridgehead atoms. The highest BCUT2D eigenvalue weighted by molar-refractivity contribution is 5.94. The van der Waals surface area contributed by atoms with Gasteiger partial charge in [-0.25, -0.2) is 9.59 Å². The summed E-state index contributed by atoms with van der Waals surface area (Å²) >= 11 is 0. The third kappa shape index (κ3) is 9.63. The standard InChI is InChI=1S/C29H42N2O4/c1-4-6-7-8-9-10-11-12-13-14-15-16-17-19-23-20-18-21-25(35-5-2)26(23)27-24(28(32)34-3)22-30-29(33)31-27/h7-8,10-11,18,20-22,27H,4-6,9,12-17,19H2,1-3H3,(H2,30,31,33)/b8-7-,11-10-. The highest BCUT2D eigenvalue weighted by Crippen LogP contribution is 2.35. The Morgan fingerprint density at radius 2 is 1.74 bits per heavy atom. The summed E-state index contributed by atoms with van der Waals surface area (Å²) in [6.07, 6.45) is 21.7. The molecule has 1 heterocycles. The Balaban J connectivity index is 1.91. The van der Waals surface area contributed by atoms with Crippen molar-refractivity contribution < 1.29 is 19.1 Å². The largest absolute Gasteiger partial charge is 0.493 e. The van der Waals surface area contributed by atoms with E-state index in [9.17, 15) is 9.59 Å². The molecule has 2 rings (SSSR count). The van der Waals surface area contributed by atoms with Gasteiger partial charge in [-0.1, -0.05) is 69.0 Å². The van der Waals surface area contributed by atoms with Crippen molar-refractivity contribution in [2.24, 2.45) is 0 Å². The van der Waals surface area contributed by atoms with Gasteiger partial charge >= 0.3 is 12.0 Å². The van der Waals surface area contributed by atoms with Gasteiger partial charge in [0, 0.05) is 11.8 Å². The Hall–Kier alpha value is -3.02. The van der Waals surface area contributed by atoms with Crippen LogP contribution in [0.5, 0.6) is 5.75 Å². The second kappa shape index (κ2) is 16.6. The summed E-state index contributed by atoms with van der Waals surface area (Å²) in [4.78, 5) is 24.5. The minimum Gasteiger partial charge on any atom is -0.493 e. The van der Waals surface area contributed by atoms with E-state index in [4.69, 9.17) is 9.47 Å². The maximum absolute atomic E-state index is 12.4. The maximum Gasteiger partial charge on any atom is 0.337 e. The molecule has 1 unspecified atom stereocenters. The van der Waals surface area contributed by atoms with Crippen LogP contribution in [0.15, 0.2) is 54.3 Å². The zero-order chi connectivity index (χ0) is 25.3. The molecule has 1 aliphatic heterocycles. The molecule has 2 N–H and O–H groups in total. The van der Waals surface area contributed by atoms with Gasteiger partial charge in [0.2, 0.25) is 0 Å². The lowest BCUT2D eigenvalue weighted by Gasteiger charge is -2.28. The molecule has 6 nitrogen and oxygen atoms in total. The topological polar surface area (TPSA) is 76.7 Å². The molecule has 1 aliphatic rings. The average molecular weight is 483 g/mol. The number of aryl methyl sites for hydroxylation is 1. The number of carbonyl (C=O) groups excluding carboxylic acids is 2. The van der Waals surface area contributed by atoms with Crippen molar-refractivity contribution in [3.05, 3.63) is 65.4 Å². The van der Waals surface area contributed by atoms with Crippen molar-refractivity contribution in [1.82, 2.24) is 10.6 Å². The molecular formula is C29H42N2O4. The first kappa shape index (κ1) is 28.2. The number of rotatable bonds is 16. The number of hydrogen-bond donors (Lipinski definition) is 2. The zero-order valence-corrected chi connectivity index (χ0v) is 21.6. The molecular weight excluding hydrogens is 440 g/mol. The molecule has 0 saturated heterocycles. The second-order valence-electron chi connectivity index (χ2n) is 8.68. The molecule has 0 spiro atoms. The van der Waals surface area contributed by atoms with Gasteiger partial charge < -0.3 is 20.1 Å². The van der Waals surface area contributed by atoms with E-state index in [1.165, 1.54) is 45.4 Å². The first-order valence-corrected chi connectivity index (χ1v) is 13.0. The molecule has 1 atom stereocenters. The number of urea groups is 1. The smallest absolute Gasteiger partial charge is 0.337 e. The highest BCUT2D eigenvalue weighted by Gasteiger charge is 2.32. The maximum atomic E-state index is 12.4. The number of esters is 1. The van der Waals surface area contributed by atoms with Gasteiger partial charge in [0.25, 0.3) is 0 Å². The van der Waals surface area contributed by atoms with Crippen LogP contribution in [0.1, 0.15) is 88.8 Å². The van der Waals surface area contributed by atoms with Gasteiger partial charge in [0.05, 0.1) is 25.3 Å². The lowest BCUT2D eigenvalue weighted by molar-refractivity contribution is -0.136. The fourth-order valence-electron chi connectivity index (χ4n) is 4.20. The number of carbonyl (C=O) groups is 2. The summed E-state index contributed by atoms with van der Waals surface area (Å²) in [6, 6.07) is 4.94. The van der Waals surface area contributed by atoms with E-state index >= 15 is 0 Å². The molecule has 0 aliphatic carbocycles. The minimum atomic E-state index is -0.613. The van der Waals surface area contributed by atoms with Crippen LogP contribution in [0.25, 0.3) is 0 Å². The number of ether oxygens (including phenoxy) is 2. The molecule has 6 heteroatoms. The minimum absolute atomic E-state index is 0.356. The van der Waals surface area contributed by atoms with Gasteiger partial charge in [0.15, 0.2) is 0 Å². The van der Waals surface area contributed by atoms with Crippen LogP contribution in [0, 0.1) is 0 Å². The molecule has 35 heavy (non-hydrogen) atoms. The Morgan fingerprint density at radius 1 is 1.00 bits per heavy atom. The van der Waals surface area contributed by atoms with Crippen LogP contribution in [-0.2, 0) is 16.0 Å². The number of methoxy groups -OCH3 is 1. The van der Waals surface area contributed by atoms with Gasteiger partial charge in [-0.2, -0.15) is 0 Å². The summed E-state index contributed by atoms with van der Waals surface area (Å²) in [5.74, 6) is 0.203. The van der Waals surface area contributed by atoms with Crippen LogP contribution < -0.4 is 15.4 Å². The predicted octanol–water partition coefficient (Wildman–Crippen LogP) is 6.68. The fourth-order valence-corrected chi connectivity index (χ4v) is 4.20. The van der Waals surface area contributed by atoms with Crippen molar-refractivity contribution in [1.29, 1.82) is 0 Å². The quantitative estimate of drug-likeness (QED) is 0.156. The molecule has 1 aromatic carbocycles. The van der Waals surface area contributed by atoms with E-state index in [0.717, 1.165) is 43.2 Å². The number of amides is 2. The number of hydrogen-bond acceptors (Lipinski definition) is 4. The Morgan fingerprint density at radius 3 is 2.49 bits per heavy atom. The van der Waals surface area contributed by atoms with E-state index in [2.05, 4.69) is 47.9 Å². The molecule has 2 amide bonds. The Labute approximate surface area is 210 Å². The van der Waals surface area contributed by atoms with Crippen molar-refractivity contribution >= 4 is 12.0 Å². The van der Waals surface area contributed by atoms with Gasteiger partial charge in [0.1, 0.15) is 5.75 Å². The Kier molecular flexibility index (Phi) is 13.4. The van der Waals surface area contributed by atoms with Crippen LogP contribution in [0.2, 0.25) is 0 Å². The molecule has 0 aromatic heterocycles. The summed E-state index contributed by atoms with van der Waals surface area (Å²) in [6.45, 7) is 4.62. The van der Waals surface area contributed by atoms with Crippen molar-refractivity contribution in [2.45, 2.75) is 84.1 Å². The third-order valence-electron chi connectivity index (χ3n) is 5.99. The van der Waals surface area contributed by atoms with E-state index in [0.29, 0.717) is 17.9 Å². The first-order chi connectivity index (χ1) is 17.1. The van der Waals surface area contributed by atoms with Crippen molar-refractivity contribution in [2.75, 3.05) is 13.7 Å². The summed E-state index contributed by atoms with van der Waals surface area (Å²) < 4.78 is 10.8. The van der Waals surface area contributed by atoms with E-state index in [1.54, 1.807) is 0 Å². The molecule has 192 valence electrons. The Bertz CT molecular complexity index is 889. The van der Waals surface area contributed by atoms with Gasteiger partial charge in [-0.05, 0) is 57.1 Å². The summed E-state index contributed by atoms with van der Waals surface area (Å²) in [7, 11) is 1.34. The number of nitrogens with one attached hydrogen (secondary N) is 2. The third-order valence-corrected chi connectivity index (χ3v) is 5.99. The summed E-state index contributed by atoms with van der Waals surface area (Å²) in [5.41, 5.74) is 2.27. The molecule has 0 saturated carbocycles. The van der Waals surface area contributed by atoms with Gasteiger partial charge in [-0.15, -0.1) is 0 Å². The SMILES string of the molecule is CCC/C=C\C/C=C\CCCCCCCc1cccc(OCC)c1C1NC(=O)NC=C1C(=O)OC. The monoisotopic (exact) mass is 482 g/mol. The molecule has 1 aromatic rings. The van der Waals surface area contributed by atoms with Crippen LogP contribution in [0.3, 0.4) is 0 Å². The summed E-state index contributed by atoms with van der Waals surface area (Å²) in [5, 5.41) is 5.43. The lowest BCUT2D eigenvalue weighted by Crippen LogP contribution is -2.43. The highest BCUT2D eigenvalue weighted by atomic mass is 16.5. The molecule has 0 fully saturated rings. The fraction of sp³-hybridized carbons (Fsp3) is 0.517. The van der Waals surface area contributed by atoms with Crippen molar-refractivity contribution in [3.8, 4) is 5.75 Å². The van der Waals surface area contributed by atoms with Crippen molar-refractivity contribution in [3.63, 3.8) is 0 Å². The van der Waals surface area contributed by atoms with E-state index in [1.807, 2.05) is 19.1 Å².